The lowest BCUT2D eigenvalue weighted by molar-refractivity contribution is 0.590. The monoisotopic (exact) mass is 282 g/mol. The maximum Gasteiger partial charge on any atom is 0.252 e. The molecule has 2 heterocycles. The summed E-state index contributed by atoms with van der Waals surface area (Å²) in [6.45, 7) is 8.43. The van der Waals surface area contributed by atoms with E-state index in [-0.39, 0.29) is 11.0 Å². The number of aromatic amines is 1. The summed E-state index contributed by atoms with van der Waals surface area (Å²) in [6, 6.07) is 9.85. The molecule has 108 valence electrons. The maximum absolute atomic E-state index is 11.5. The SMILES string of the molecule is Cc1cc(=O)[nH]c2nnc(-c3ccc(C(C)(C)C)cc3)n12. The van der Waals surface area contributed by atoms with Gasteiger partial charge in [-0.2, -0.15) is 0 Å². The summed E-state index contributed by atoms with van der Waals surface area (Å²) in [5.41, 5.74) is 3.01. The number of fused-ring (bicyclic) bond motifs is 1. The van der Waals surface area contributed by atoms with Gasteiger partial charge in [0, 0.05) is 17.3 Å². The Bertz CT molecular complexity index is 851. The normalized spacial score (nSPS) is 12.0. The molecule has 0 saturated heterocycles. The Balaban J connectivity index is 2.15. The molecule has 0 unspecified atom stereocenters. The highest BCUT2D eigenvalue weighted by atomic mass is 16.1. The van der Waals surface area contributed by atoms with E-state index in [1.54, 1.807) is 6.07 Å². The van der Waals surface area contributed by atoms with E-state index in [2.05, 4.69) is 48.1 Å². The Morgan fingerprint density at radius 3 is 2.38 bits per heavy atom. The standard InChI is InChI=1S/C16H18N4O/c1-10-9-13(21)17-15-19-18-14(20(10)15)11-5-7-12(8-6-11)16(2,3)4/h5-9H,1-4H3,(H,17,19,21). The molecule has 2 aromatic heterocycles. The van der Waals surface area contributed by atoms with Crippen molar-refractivity contribution in [2.45, 2.75) is 33.1 Å². The molecule has 1 aromatic carbocycles. The summed E-state index contributed by atoms with van der Waals surface area (Å²) >= 11 is 0. The van der Waals surface area contributed by atoms with Crippen molar-refractivity contribution in [3.05, 3.63) is 51.9 Å². The largest absolute Gasteiger partial charge is 0.291 e. The molecule has 3 aromatic rings. The number of rotatable bonds is 1. The van der Waals surface area contributed by atoms with Crippen LogP contribution in [-0.4, -0.2) is 19.6 Å². The molecule has 0 aliphatic carbocycles. The molecule has 0 radical (unpaired) electrons. The molecule has 0 amide bonds. The molecular formula is C16H18N4O. The maximum atomic E-state index is 11.5. The number of benzene rings is 1. The first-order valence-electron chi connectivity index (χ1n) is 6.92. The van der Waals surface area contributed by atoms with Crippen molar-refractivity contribution in [1.82, 2.24) is 19.6 Å². The Kier molecular flexibility index (Phi) is 2.93. The van der Waals surface area contributed by atoms with Crippen LogP contribution in [0.25, 0.3) is 17.2 Å². The lowest BCUT2D eigenvalue weighted by Gasteiger charge is -2.19. The molecule has 5 heteroatoms. The van der Waals surface area contributed by atoms with Crippen molar-refractivity contribution in [2.75, 3.05) is 0 Å². The van der Waals surface area contributed by atoms with Crippen molar-refractivity contribution < 1.29 is 0 Å². The van der Waals surface area contributed by atoms with E-state index in [0.29, 0.717) is 5.78 Å². The zero-order valence-electron chi connectivity index (χ0n) is 12.6. The molecule has 0 spiro atoms. The molecule has 0 bridgehead atoms. The summed E-state index contributed by atoms with van der Waals surface area (Å²) in [4.78, 5) is 14.2. The van der Waals surface area contributed by atoms with Crippen LogP contribution in [0.15, 0.2) is 35.1 Å². The van der Waals surface area contributed by atoms with Gasteiger partial charge in [-0.1, -0.05) is 45.0 Å². The minimum atomic E-state index is -0.165. The summed E-state index contributed by atoms with van der Waals surface area (Å²) in [6.07, 6.45) is 0. The van der Waals surface area contributed by atoms with Crippen molar-refractivity contribution in [2.24, 2.45) is 0 Å². The van der Waals surface area contributed by atoms with E-state index in [1.807, 2.05) is 23.5 Å². The Morgan fingerprint density at radius 2 is 1.76 bits per heavy atom. The van der Waals surface area contributed by atoms with Gasteiger partial charge in [0.05, 0.1) is 0 Å². The molecule has 5 nitrogen and oxygen atoms in total. The predicted molar refractivity (Wildman–Crippen MR) is 82.5 cm³/mol. The van der Waals surface area contributed by atoms with Gasteiger partial charge in [-0.15, -0.1) is 10.2 Å². The van der Waals surface area contributed by atoms with Crippen LogP contribution in [0.4, 0.5) is 0 Å². The lowest BCUT2D eigenvalue weighted by atomic mass is 9.87. The van der Waals surface area contributed by atoms with Crippen molar-refractivity contribution in [3.63, 3.8) is 0 Å². The number of nitrogens with one attached hydrogen (secondary N) is 1. The predicted octanol–water partition coefficient (Wildman–Crippen LogP) is 2.69. The second kappa shape index (κ2) is 4.55. The van der Waals surface area contributed by atoms with Crippen LogP contribution >= 0.6 is 0 Å². The lowest BCUT2D eigenvalue weighted by Crippen LogP contribution is -2.11. The van der Waals surface area contributed by atoms with Gasteiger partial charge >= 0.3 is 0 Å². The fraction of sp³-hybridized carbons (Fsp3) is 0.312. The van der Waals surface area contributed by atoms with Gasteiger partial charge in [-0.3, -0.25) is 14.2 Å². The van der Waals surface area contributed by atoms with Gasteiger partial charge in [0.25, 0.3) is 5.56 Å². The number of aryl methyl sites for hydroxylation is 1. The highest BCUT2D eigenvalue weighted by Gasteiger charge is 2.15. The topological polar surface area (TPSA) is 63.0 Å². The van der Waals surface area contributed by atoms with Crippen LogP contribution in [0.5, 0.6) is 0 Å². The average molecular weight is 282 g/mol. The smallest absolute Gasteiger partial charge is 0.252 e. The number of aromatic nitrogens is 4. The summed E-state index contributed by atoms with van der Waals surface area (Å²) in [5, 5.41) is 8.25. The number of H-pyrrole nitrogens is 1. The highest BCUT2D eigenvalue weighted by Crippen LogP contribution is 2.25. The van der Waals surface area contributed by atoms with E-state index in [4.69, 9.17) is 0 Å². The van der Waals surface area contributed by atoms with Gasteiger partial charge in [-0.05, 0) is 17.9 Å². The number of hydrogen-bond donors (Lipinski definition) is 1. The van der Waals surface area contributed by atoms with Crippen LogP contribution in [0.2, 0.25) is 0 Å². The summed E-state index contributed by atoms with van der Waals surface area (Å²) in [5.74, 6) is 1.20. The second-order valence-corrected chi connectivity index (χ2v) is 6.28. The van der Waals surface area contributed by atoms with Crippen LogP contribution < -0.4 is 5.56 Å². The number of nitrogens with zero attached hydrogens (tertiary/aromatic N) is 3. The first-order chi connectivity index (χ1) is 9.86. The molecule has 0 saturated carbocycles. The van der Waals surface area contributed by atoms with Crippen LogP contribution in [0.3, 0.4) is 0 Å². The van der Waals surface area contributed by atoms with Crippen molar-refractivity contribution in [1.29, 1.82) is 0 Å². The quantitative estimate of drug-likeness (QED) is 0.746. The molecule has 0 fully saturated rings. The van der Waals surface area contributed by atoms with Gasteiger partial charge in [0.2, 0.25) is 5.78 Å². The summed E-state index contributed by atoms with van der Waals surface area (Å²) < 4.78 is 1.85. The molecule has 3 rings (SSSR count). The zero-order chi connectivity index (χ0) is 15.2. The van der Waals surface area contributed by atoms with E-state index in [9.17, 15) is 4.79 Å². The van der Waals surface area contributed by atoms with Crippen molar-refractivity contribution in [3.8, 4) is 11.4 Å². The van der Waals surface area contributed by atoms with Crippen LogP contribution in [-0.2, 0) is 5.41 Å². The molecule has 0 aliphatic rings. The Labute approximate surface area is 122 Å². The molecular weight excluding hydrogens is 264 g/mol. The van der Waals surface area contributed by atoms with E-state index < -0.39 is 0 Å². The molecule has 21 heavy (non-hydrogen) atoms. The fourth-order valence-electron chi connectivity index (χ4n) is 2.41. The Morgan fingerprint density at radius 1 is 1.10 bits per heavy atom. The third kappa shape index (κ3) is 2.35. The zero-order valence-corrected chi connectivity index (χ0v) is 12.6. The van der Waals surface area contributed by atoms with Crippen LogP contribution in [0, 0.1) is 6.92 Å². The van der Waals surface area contributed by atoms with Crippen LogP contribution in [0.1, 0.15) is 32.0 Å². The minimum Gasteiger partial charge on any atom is -0.291 e. The first-order valence-corrected chi connectivity index (χ1v) is 6.92. The van der Waals surface area contributed by atoms with Crippen molar-refractivity contribution >= 4 is 5.78 Å². The van der Waals surface area contributed by atoms with E-state index in [1.165, 1.54) is 5.56 Å². The van der Waals surface area contributed by atoms with Gasteiger partial charge in [-0.25, -0.2) is 0 Å². The Hall–Kier alpha value is -2.43. The molecule has 0 atom stereocenters. The summed E-state index contributed by atoms with van der Waals surface area (Å²) in [7, 11) is 0. The highest BCUT2D eigenvalue weighted by molar-refractivity contribution is 5.59. The molecule has 1 N–H and O–H groups in total. The van der Waals surface area contributed by atoms with Gasteiger partial charge < -0.3 is 0 Å². The van der Waals surface area contributed by atoms with Gasteiger partial charge in [0.15, 0.2) is 5.82 Å². The fourth-order valence-corrected chi connectivity index (χ4v) is 2.41. The third-order valence-corrected chi connectivity index (χ3v) is 3.60. The molecule has 0 aliphatic heterocycles. The third-order valence-electron chi connectivity index (χ3n) is 3.60. The van der Waals surface area contributed by atoms with E-state index >= 15 is 0 Å². The van der Waals surface area contributed by atoms with Gasteiger partial charge in [0.1, 0.15) is 0 Å². The van der Waals surface area contributed by atoms with E-state index in [0.717, 1.165) is 17.1 Å². The number of hydrogen-bond acceptors (Lipinski definition) is 3. The first kappa shape index (κ1) is 13.5. The second-order valence-electron chi connectivity index (χ2n) is 6.28. The minimum absolute atomic E-state index is 0.118. The average Bonchev–Trinajstić information content (AvgIpc) is 2.81.